The topological polar surface area (TPSA) is 73.9 Å². The fourth-order valence-electron chi connectivity index (χ4n) is 1.74. The average Bonchev–Trinajstić information content (AvgIpc) is 2.59. The van der Waals surface area contributed by atoms with Crippen molar-refractivity contribution in [2.24, 2.45) is 0 Å². The van der Waals surface area contributed by atoms with Crippen LogP contribution in [-0.4, -0.2) is 25.8 Å². The Bertz CT molecular complexity index is 657. The van der Waals surface area contributed by atoms with E-state index in [0.29, 0.717) is 11.4 Å². The third-order valence-corrected chi connectivity index (χ3v) is 2.88. The van der Waals surface area contributed by atoms with Crippen LogP contribution < -0.4 is 10.1 Å². The van der Waals surface area contributed by atoms with Gasteiger partial charge in [-0.05, 0) is 17.7 Å². The quantitative estimate of drug-likeness (QED) is 0.830. The fourth-order valence-corrected chi connectivity index (χ4v) is 1.74. The second kappa shape index (κ2) is 8.43. The van der Waals surface area contributed by atoms with Crippen molar-refractivity contribution in [3.05, 3.63) is 60.2 Å². The summed E-state index contributed by atoms with van der Waals surface area (Å²) in [6.07, 6.45) is -0.570. The number of benzene rings is 2. The van der Waals surface area contributed by atoms with Gasteiger partial charge in [-0.25, -0.2) is 9.59 Å². The maximum atomic E-state index is 11.8. The van der Waals surface area contributed by atoms with Crippen LogP contribution in [0.4, 0.5) is 10.5 Å². The van der Waals surface area contributed by atoms with Gasteiger partial charge in [-0.2, -0.15) is 0 Å². The van der Waals surface area contributed by atoms with Crippen LogP contribution in [0.5, 0.6) is 5.75 Å². The van der Waals surface area contributed by atoms with Gasteiger partial charge in [-0.15, -0.1) is 0 Å². The van der Waals surface area contributed by atoms with E-state index < -0.39 is 12.1 Å². The molecule has 0 atom stereocenters. The molecule has 23 heavy (non-hydrogen) atoms. The number of rotatable bonds is 6. The molecule has 0 spiro atoms. The molecule has 2 aromatic carbocycles. The van der Waals surface area contributed by atoms with E-state index in [0.717, 1.165) is 5.56 Å². The zero-order chi connectivity index (χ0) is 16.5. The first kappa shape index (κ1) is 16.4. The predicted molar refractivity (Wildman–Crippen MR) is 84.2 cm³/mol. The minimum absolute atomic E-state index is 0.186. The number of nitrogens with one attached hydrogen (secondary N) is 1. The first-order chi connectivity index (χ1) is 11.2. The lowest BCUT2D eigenvalue weighted by Crippen LogP contribution is -2.14. The van der Waals surface area contributed by atoms with Crippen LogP contribution in [0, 0.1) is 0 Å². The smallest absolute Gasteiger partial charge is 0.411 e. The van der Waals surface area contributed by atoms with Gasteiger partial charge in [0.15, 0.2) is 6.61 Å². The maximum absolute atomic E-state index is 11.8. The van der Waals surface area contributed by atoms with Crippen LogP contribution in [0.25, 0.3) is 0 Å². The highest BCUT2D eigenvalue weighted by atomic mass is 16.6. The summed E-state index contributed by atoms with van der Waals surface area (Å²) in [6.45, 7) is -0.0103. The second-order valence-corrected chi connectivity index (χ2v) is 4.58. The van der Waals surface area contributed by atoms with E-state index >= 15 is 0 Å². The van der Waals surface area contributed by atoms with Gasteiger partial charge in [0.1, 0.15) is 12.4 Å². The summed E-state index contributed by atoms with van der Waals surface area (Å²) in [5.41, 5.74) is 1.41. The standard InChI is InChI=1S/C17H17NO5/c1-21-16(19)12-22-15-9-5-8-14(10-15)18-17(20)23-11-13-6-3-2-4-7-13/h2-10H,11-12H2,1H3,(H,18,20). The van der Waals surface area contributed by atoms with Crippen molar-refractivity contribution in [3.63, 3.8) is 0 Å². The monoisotopic (exact) mass is 315 g/mol. The molecule has 0 aliphatic carbocycles. The van der Waals surface area contributed by atoms with Gasteiger partial charge in [-0.1, -0.05) is 36.4 Å². The molecule has 0 saturated heterocycles. The molecule has 0 aliphatic heterocycles. The van der Waals surface area contributed by atoms with Gasteiger partial charge >= 0.3 is 12.1 Å². The third kappa shape index (κ3) is 5.70. The lowest BCUT2D eigenvalue weighted by atomic mass is 10.2. The molecule has 2 rings (SSSR count). The third-order valence-electron chi connectivity index (χ3n) is 2.88. The number of hydrogen-bond acceptors (Lipinski definition) is 5. The highest BCUT2D eigenvalue weighted by Crippen LogP contribution is 2.17. The van der Waals surface area contributed by atoms with Crippen molar-refractivity contribution in [1.29, 1.82) is 0 Å². The van der Waals surface area contributed by atoms with Gasteiger partial charge in [0.25, 0.3) is 0 Å². The number of amides is 1. The Morgan fingerprint density at radius 3 is 2.57 bits per heavy atom. The van der Waals surface area contributed by atoms with Gasteiger partial charge in [0.05, 0.1) is 7.11 Å². The summed E-state index contributed by atoms with van der Waals surface area (Å²) in [6, 6.07) is 16.0. The summed E-state index contributed by atoms with van der Waals surface area (Å²) < 4.78 is 14.9. The van der Waals surface area contributed by atoms with E-state index in [1.54, 1.807) is 24.3 Å². The Kier molecular flexibility index (Phi) is 5.99. The van der Waals surface area contributed by atoms with E-state index in [9.17, 15) is 9.59 Å². The first-order valence-electron chi connectivity index (χ1n) is 6.95. The largest absolute Gasteiger partial charge is 0.482 e. The molecular formula is C17H17NO5. The number of carbonyl (C=O) groups excluding carboxylic acids is 2. The van der Waals surface area contributed by atoms with Gasteiger partial charge in [0.2, 0.25) is 0 Å². The highest BCUT2D eigenvalue weighted by Gasteiger charge is 2.06. The van der Waals surface area contributed by atoms with E-state index in [1.165, 1.54) is 7.11 Å². The van der Waals surface area contributed by atoms with Crippen molar-refractivity contribution >= 4 is 17.7 Å². The number of methoxy groups -OCH3 is 1. The number of carbonyl (C=O) groups is 2. The summed E-state index contributed by atoms with van der Waals surface area (Å²) in [5.74, 6) is -0.0399. The molecular weight excluding hydrogens is 298 g/mol. The van der Waals surface area contributed by atoms with E-state index in [4.69, 9.17) is 9.47 Å². The van der Waals surface area contributed by atoms with Crippen LogP contribution in [0.3, 0.4) is 0 Å². The molecule has 1 amide bonds. The normalized spacial score (nSPS) is 9.78. The van der Waals surface area contributed by atoms with Crippen LogP contribution >= 0.6 is 0 Å². The molecule has 0 radical (unpaired) electrons. The molecule has 2 aromatic rings. The maximum Gasteiger partial charge on any atom is 0.411 e. The number of hydrogen-bond donors (Lipinski definition) is 1. The molecule has 6 heteroatoms. The Morgan fingerprint density at radius 1 is 1.04 bits per heavy atom. The molecule has 120 valence electrons. The SMILES string of the molecule is COC(=O)COc1cccc(NC(=O)OCc2ccccc2)c1. The van der Waals surface area contributed by atoms with Gasteiger partial charge in [-0.3, -0.25) is 5.32 Å². The lowest BCUT2D eigenvalue weighted by Gasteiger charge is -2.09. The van der Waals surface area contributed by atoms with Crippen LogP contribution in [-0.2, 0) is 20.9 Å². The molecule has 0 bridgehead atoms. The van der Waals surface area contributed by atoms with E-state index in [2.05, 4.69) is 10.1 Å². The molecule has 0 fully saturated rings. The summed E-state index contributed by atoms with van der Waals surface area (Å²) in [4.78, 5) is 22.8. The highest BCUT2D eigenvalue weighted by molar-refractivity contribution is 5.84. The van der Waals surface area contributed by atoms with Crippen molar-refractivity contribution < 1.29 is 23.8 Å². The average molecular weight is 315 g/mol. The molecule has 0 saturated carbocycles. The second-order valence-electron chi connectivity index (χ2n) is 4.58. The van der Waals surface area contributed by atoms with Crippen LogP contribution in [0.1, 0.15) is 5.56 Å². The Hall–Kier alpha value is -3.02. The summed E-state index contributed by atoms with van der Waals surface area (Å²) >= 11 is 0. The molecule has 0 unspecified atom stereocenters. The molecule has 6 nitrogen and oxygen atoms in total. The lowest BCUT2D eigenvalue weighted by molar-refractivity contribution is -0.142. The van der Waals surface area contributed by atoms with Crippen molar-refractivity contribution in [3.8, 4) is 5.75 Å². The summed E-state index contributed by atoms with van der Waals surface area (Å²) in [5, 5.41) is 2.60. The van der Waals surface area contributed by atoms with Crippen LogP contribution in [0.2, 0.25) is 0 Å². The van der Waals surface area contributed by atoms with Gasteiger partial charge in [0, 0.05) is 11.8 Å². The predicted octanol–water partition coefficient (Wildman–Crippen LogP) is 2.99. The Balaban J connectivity index is 1.84. The fraction of sp³-hybridized carbons (Fsp3) is 0.176. The molecule has 0 aromatic heterocycles. The van der Waals surface area contributed by atoms with E-state index in [1.807, 2.05) is 30.3 Å². The first-order valence-corrected chi connectivity index (χ1v) is 6.95. The van der Waals surface area contributed by atoms with E-state index in [-0.39, 0.29) is 13.2 Å². The van der Waals surface area contributed by atoms with Crippen LogP contribution in [0.15, 0.2) is 54.6 Å². The van der Waals surface area contributed by atoms with Crippen molar-refractivity contribution in [2.45, 2.75) is 6.61 Å². The Morgan fingerprint density at radius 2 is 1.83 bits per heavy atom. The summed E-state index contributed by atoms with van der Waals surface area (Å²) in [7, 11) is 1.28. The molecule has 0 heterocycles. The number of anilines is 1. The number of esters is 1. The minimum atomic E-state index is -0.570. The minimum Gasteiger partial charge on any atom is -0.482 e. The molecule has 0 aliphatic rings. The zero-order valence-electron chi connectivity index (χ0n) is 12.7. The van der Waals surface area contributed by atoms with Crippen molar-refractivity contribution in [2.75, 3.05) is 19.0 Å². The number of ether oxygens (including phenoxy) is 3. The Labute approximate surface area is 134 Å². The molecule has 1 N–H and O–H groups in total. The van der Waals surface area contributed by atoms with Crippen molar-refractivity contribution in [1.82, 2.24) is 0 Å². The van der Waals surface area contributed by atoms with Gasteiger partial charge < -0.3 is 14.2 Å². The zero-order valence-corrected chi connectivity index (χ0v) is 12.7.